The number of phenolic OH excluding ortho intramolecular Hbond substituents is 1. The number of aromatic nitrogens is 1. The Balaban J connectivity index is 1.60. The molecular weight excluding hydrogens is 444 g/mol. The molecule has 2 aromatic heterocycles. The van der Waals surface area contributed by atoms with Crippen LogP contribution in [0.15, 0.2) is 88.8 Å². The van der Waals surface area contributed by atoms with E-state index in [4.69, 9.17) is 16.0 Å². The minimum absolute atomic E-state index is 0.0198. The summed E-state index contributed by atoms with van der Waals surface area (Å²) in [6.45, 7) is 0.120. The molecule has 1 aliphatic heterocycles. The van der Waals surface area contributed by atoms with Crippen molar-refractivity contribution in [3.63, 3.8) is 0 Å². The van der Waals surface area contributed by atoms with E-state index in [1.54, 1.807) is 54.9 Å². The first-order valence-corrected chi connectivity index (χ1v) is 10.5. The van der Waals surface area contributed by atoms with Gasteiger partial charge in [-0.1, -0.05) is 29.8 Å². The molecule has 0 saturated carbocycles. The summed E-state index contributed by atoms with van der Waals surface area (Å²) < 4.78 is 5.70. The lowest BCUT2D eigenvalue weighted by molar-refractivity contribution is -0.130. The van der Waals surface area contributed by atoms with Crippen LogP contribution in [-0.4, -0.2) is 31.8 Å². The number of halogens is 1. The third-order valence-corrected chi connectivity index (χ3v) is 5.77. The second-order valence-electron chi connectivity index (χ2n) is 7.67. The number of Topliss-reactive ketones (excluding diaryl/α,β-unsaturated/α-hetero) is 1. The van der Waals surface area contributed by atoms with Crippen LogP contribution in [0.25, 0.3) is 11.0 Å². The summed E-state index contributed by atoms with van der Waals surface area (Å²) in [7, 11) is 0. The number of nitrogens with zero attached hydrogens (tertiary/aromatic N) is 2. The Kier molecular flexibility index (Phi) is 5.11. The molecule has 0 fully saturated rings. The molecule has 5 rings (SSSR count). The maximum Gasteiger partial charge on any atom is 0.290 e. The van der Waals surface area contributed by atoms with E-state index in [0.717, 1.165) is 5.56 Å². The van der Waals surface area contributed by atoms with Crippen molar-refractivity contribution in [2.45, 2.75) is 12.6 Å². The average Bonchev–Trinajstić information content (AvgIpc) is 3.34. The monoisotopic (exact) mass is 460 g/mol. The quantitative estimate of drug-likeness (QED) is 0.408. The van der Waals surface area contributed by atoms with Crippen molar-refractivity contribution in [3.05, 3.63) is 106 Å². The molecule has 4 aromatic rings. The predicted molar refractivity (Wildman–Crippen MR) is 121 cm³/mol. The van der Waals surface area contributed by atoms with Gasteiger partial charge in [-0.2, -0.15) is 0 Å². The summed E-state index contributed by atoms with van der Waals surface area (Å²) in [5, 5.41) is 21.6. The first kappa shape index (κ1) is 20.8. The smallest absolute Gasteiger partial charge is 0.290 e. The second-order valence-corrected chi connectivity index (χ2v) is 8.11. The molecule has 0 bridgehead atoms. The fourth-order valence-corrected chi connectivity index (χ4v) is 4.18. The minimum atomic E-state index is -0.886. The molecule has 1 atom stereocenters. The molecule has 1 aliphatic rings. The van der Waals surface area contributed by atoms with Gasteiger partial charge in [0.05, 0.1) is 11.6 Å². The van der Waals surface area contributed by atoms with Gasteiger partial charge in [0.15, 0.2) is 11.5 Å². The summed E-state index contributed by atoms with van der Waals surface area (Å²) in [6.07, 6.45) is 3.23. The van der Waals surface area contributed by atoms with E-state index in [1.807, 2.05) is 0 Å². The third-order valence-electron chi connectivity index (χ3n) is 5.53. The molecule has 0 saturated heterocycles. The lowest BCUT2D eigenvalue weighted by atomic mass is 9.94. The number of amides is 1. The highest BCUT2D eigenvalue weighted by molar-refractivity contribution is 6.31. The molecule has 0 spiro atoms. The summed E-state index contributed by atoms with van der Waals surface area (Å²) >= 11 is 6.04. The lowest BCUT2D eigenvalue weighted by Gasteiger charge is -2.26. The molecule has 33 heavy (non-hydrogen) atoms. The number of carbonyl (C=O) groups is 2. The van der Waals surface area contributed by atoms with Crippen LogP contribution in [0.3, 0.4) is 0 Å². The normalized spacial score (nSPS) is 16.1. The van der Waals surface area contributed by atoms with Gasteiger partial charge < -0.3 is 19.5 Å². The summed E-state index contributed by atoms with van der Waals surface area (Å²) in [6, 6.07) is 15.3. The summed E-state index contributed by atoms with van der Waals surface area (Å²) in [5.74, 6) is -1.91. The van der Waals surface area contributed by atoms with Gasteiger partial charge in [-0.3, -0.25) is 14.6 Å². The standard InChI is InChI=1S/C25H17ClN2O5/c26-17-5-8-19-16(10-17)11-20(33-19)23(30)21-22(15-3-6-18(29)7-4-15)28(25(32)24(21)31)13-14-2-1-9-27-12-14/h1-12,22,29,31H,13H2. The molecule has 2 N–H and O–H groups in total. The number of phenols is 1. The van der Waals surface area contributed by atoms with Crippen LogP contribution >= 0.6 is 11.6 Å². The topological polar surface area (TPSA) is 104 Å². The van der Waals surface area contributed by atoms with Gasteiger partial charge in [0.2, 0.25) is 5.78 Å². The van der Waals surface area contributed by atoms with Crippen molar-refractivity contribution in [2.24, 2.45) is 0 Å². The van der Waals surface area contributed by atoms with Crippen molar-refractivity contribution >= 4 is 34.3 Å². The molecular formula is C25H17ClN2O5. The number of ketones is 1. The fraction of sp³-hybridized carbons (Fsp3) is 0.0800. The maximum atomic E-state index is 13.5. The number of rotatable bonds is 5. The van der Waals surface area contributed by atoms with Crippen LogP contribution in [0.1, 0.15) is 27.7 Å². The first-order valence-electron chi connectivity index (χ1n) is 10.1. The zero-order valence-corrected chi connectivity index (χ0v) is 17.9. The van der Waals surface area contributed by atoms with Crippen molar-refractivity contribution in [2.75, 3.05) is 0 Å². The van der Waals surface area contributed by atoms with E-state index in [1.165, 1.54) is 23.1 Å². The maximum absolute atomic E-state index is 13.5. The zero-order valence-electron chi connectivity index (χ0n) is 17.1. The van der Waals surface area contributed by atoms with Gasteiger partial charge in [-0.15, -0.1) is 0 Å². The molecule has 2 aromatic carbocycles. The van der Waals surface area contributed by atoms with Crippen LogP contribution in [0.2, 0.25) is 5.02 Å². The Morgan fingerprint density at radius 1 is 1.09 bits per heavy atom. The molecule has 164 valence electrons. The number of hydrogen-bond acceptors (Lipinski definition) is 6. The van der Waals surface area contributed by atoms with Gasteiger partial charge >= 0.3 is 0 Å². The number of aliphatic hydroxyl groups excluding tert-OH is 1. The minimum Gasteiger partial charge on any atom is -0.508 e. The van der Waals surface area contributed by atoms with Crippen molar-refractivity contribution in [3.8, 4) is 5.75 Å². The Hall–Kier alpha value is -4.10. The number of furan rings is 1. The highest BCUT2D eigenvalue weighted by atomic mass is 35.5. The number of fused-ring (bicyclic) bond motifs is 1. The van der Waals surface area contributed by atoms with E-state index in [2.05, 4.69) is 4.98 Å². The molecule has 7 nitrogen and oxygen atoms in total. The van der Waals surface area contributed by atoms with E-state index < -0.39 is 23.5 Å². The Morgan fingerprint density at radius 2 is 1.88 bits per heavy atom. The molecule has 3 heterocycles. The van der Waals surface area contributed by atoms with Gasteiger partial charge in [0.1, 0.15) is 11.3 Å². The lowest BCUT2D eigenvalue weighted by Crippen LogP contribution is -2.30. The first-order chi connectivity index (χ1) is 15.9. The van der Waals surface area contributed by atoms with Crippen molar-refractivity contribution < 1.29 is 24.2 Å². The van der Waals surface area contributed by atoms with Gasteiger partial charge in [0, 0.05) is 29.3 Å². The summed E-state index contributed by atoms with van der Waals surface area (Å²) in [5.41, 5.74) is 1.64. The van der Waals surface area contributed by atoms with E-state index in [0.29, 0.717) is 21.6 Å². The molecule has 0 radical (unpaired) electrons. The Labute approximate surface area is 193 Å². The van der Waals surface area contributed by atoms with E-state index in [9.17, 15) is 19.8 Å². The van der Waals surface area contributed by atoms with Crippen molar-refractivity contribution in [1.29, 1.82) is 0 Å². The Bertz CT molecular complexity index is 1410. The van der Waals surface area contributed by atoms with Crippen LogP contribution in [0.5, 0.6) is 5.75 Å². The number of hydrogen-bond donors (Lipinski definition) is 2. The van der Waals surface area contributed by atoms with Crippen molar-refractivity contribution in [1.82, 2.24) is 9.88 Å². The molecule has 1 unspecified atom stereocenters. The number of aromatic hydroxyl groups is 1. The van der Waals surface area contributed by atoms with Crippen LogP contribution in [0.4, 0.5) is 0 Å². The van der Waals surface area contributed by atoms with Crippen LogP contribution < -0.4 is 0 Å². The summed E-state index contributed by atoms with van der Waals surface area (Å²) in [4.78, 5) is 32.1. The zero-order chi connectivity index (χ0) is 23.1. The van der Waals surface area contributed by atoms with Crippen LogP contribution in [0, 0.1) is 0 Å². The average molecular weight is 461 g/mol. The fourth-order valence-electron chi connectivity index (χ4n) is 4.00. The van der Waals surface area contributed by atoms with E-state index in [-0.39, 0.29) is 23.6 Å². The van der Waals surface area contributed by atoms with Gasteiger partial charge in [-0.25, -0.2) is 0 Å². The number of carbonyl (C=O) groups excluding carboxylic acids is 2. The molecule has 1 amide bonds. The number of benzene rings is 2. The third kappa shape index (κ3) is 3.72. The Morgan fingerprint density at radius 3 is 2.61 bits per heavy atom. The largest absolute Gasteiger partial charge is 0.508 e. The van der Waals surface area contributed by atoms with Gasteiger partial charge in [0.25, 0.3) is 5.91 Å². The molecule has 0 aliphatic carbocycles. The SMILES string of the molecule is O=C(C1=C(O)C(=O)N(Cc2cccnc2)C1c1ccc(O)cc1)c1cc2cc(Cl)ccc2o1. The van der Waals surface area contributed by atoms with Gasteiger partial charge in [-0.05, 0) is 53.6 Å². The second kappa shape index (κ2) is 8.11. The molecule has 8 heteroatoms. The highest BCUT2D eigenvalue weighted by Crippen LogP contribution is 2.41. The predicted octanol–water partition coefficient (Wildman–Crippen LogP) is 4.97. The highest BCUT2D eigenvalue weighted by Gasteiger charge is 2.44. The van der Waals surface area contributed by atoms with E-state index >= 15 is 0 Å². The van der Waals surface area contributed by atoms with Crippen LogP contribution in [-0.2, 0) is 11.3 Å². The number of pyridine rings is 1. The number of aliphatic hydroxyl groups is 1.